The predicted molar refractivity (Wildman–Crippen MR) is 132 cm³/mol. The van der Waals surface area contributed by atoms with Gasteiger partial charge in [-0.25, -0.2) is 9.18 Å². The molecule has 2 fully saturated rings. The molecule has 1 unspecified atom stereocenters. The minimum absolute atomic E-state index is 0.0462. The van der Waals surface area contributed by atoms with E-state index in [4.69, 9.17) is 4.74 Å². The van der Waals surface area contributed by atoms with E-state index < -0.39 is 11.6 Å². The number of hydrogen-bond donors (Lipinski definition) is 1. The van der Waals surface area contributed by atoms with E-state index in [1.807, 2.05) is 12.1 Å². The molecule has 2 aromatic carbocycles. The molecule has 36 heavy (non-hydrogen) atoms. The zero-order chi connectivity index (χ0) is 25.1. The third-order valence-electron chi connectivity index (χ3n) is 7.38. The molecule has 0 aliphatic carbocycles. The van der Waals surface area contributed by atoms with Crippen LogP contribution in [0.1, 0.15) is 24.0 Å². The molecular formula is C27H30FN5O3. The number of likely N-dealkylation sites (tertiary alicyclic amines) is 1. The number of piperidine rings is 1. The smallest absolute Gasteiger partial charge is 0.325 e. The molecule has 2 aliphatic heterocycles. The van der Waals surface area contributed by atoms with Crippen molar-refractivity contribution in [3.05, 3.63) is 71.8 Å². The second-order valence-corrected chi connectivity index (χ2v) is 9.55. The van der Waals surface area contributed by atoms with Gasteiger partial charge in [0.15, 0.2) is 0 Å². The third kappa shape index (κ3) is 4.68. The predicted octanol–water partition coefficient (Wildman–Crippen LogP) is 3.16. The summed E-state index contributed by atoms with van der Waals surface area (Å²) in [6.45, 7) is 2.79. The minimum Gasteiger partial charge on any atom is -0.383 e. The van der Waals surface area contributed by atoms with E-state index in [0.29, 0.717) is 6.42 Å². The molecule has 2 aliphatic rings. The number of para-hydroxylation sites is 1. The lowest BCUT2D eigenvalue weighted by atomic mass is 9.74. The largest absolute Gasteiger partial charge is 0.383 e. The zero-order valence-corrected chi connectivity index (χ0v) is 20.3. The lowest BCUT2D eigenvalue weighted by Crippen LogP contribution is -2.57. The van der Waals surface area contributed by atoms with Gasteiger partial charge in [0.05, 0.1) is 24.2 Å². The van der Waals surface area contributed by atoms with E-state index >= 15 is 0 Å². The summed E-state index contributed by atoms with van der Waals surface area (Å²) in [5.41, 5.74) is 2.66. The number of benzene rings is 2. The average molecular weight is 492 g/mol. The van der Waals surface area contributed by atoms with Gasteiger partial charge in [-0.3, -0.25) is 24.6 Å². The Morgan fingerprint density at radius 3 is 2.58 bits per heavy atom. The van der Waals surface area contributed by atoms with Gasteiger partial charge in [0.25, 0.3) is 5.91 Å². The summed E-state index contributed by atoms with van der Waals surface area (Å²) in [5.74, 6) is -0.602. The second-order valence-electron chi connectivity index (χ2n) is 9.55. The number of imide groups is 1. The number of methoxy groups -OCH3 is 1. The Morgan fingerprint density at radius 1 is 1.08 bits per heavy atom. The molecule has 1 N–H and O–H groups in total. The molecule has 3 aromatic rings. The number of nitrogens with one attached hydrogen (secondary N) is 1. The molecule has 1 atom stereocenters. The van der Waals surface area contributed by atoms with Crippen molar-refractivity contribution in [2.24, 2.45) is 5.92 Å². The van der Waals surface area contributed by atoms with Gasteiger partial charge in [-0.15, -0.1) is 0 Å². The molecule has 188 valence electrons. The van der Waals surface area contributed by atoms with Gasteiger partial charge in [0.2, 0.25) is 0 Å². The first-order chi connectivity index (χ1) is 17.5. The number of ether oxygens (including phenoxy) is 1. The van der Waals surface area contributed by atoms with E-state index in [2.05, 4.69) is 26.3 Å². The summed E-state index contributed by atoms with van der Waals surface area (Å²) < 4.78 is 18.7. The quantitative estimate of drug-likeness (QED) is 0.487. The van der Waals surface area contributed by atoms with Crippen LogP contribution in [0.5, 0.6) is 0 Å². The van der Waals surface area contributed by atoms with E-state index in [1.54, 1.807) is 31.6 Å². The van der Waals surface area contributed by atoms with Crippen LogP contribution in [0.4, 0.5) is 9.18 Å². The van der Waals surface area contributed by atoms with Crippen molar-refractivity contribution in [1.82, 2.24) is 25.1 Å². The van der Waals surface area contributed by atoms with Crippen LogP contribution >= 0.6 is 0 Å². The van der Waals surface area contributed by atoms with Crippen molar-refractivity contribution in [2.75, 3.05) is 33.4 Å². The standard InChI is InChI=1S/C27H30FN5O3/c1-36-16-15-33-25(34)27(31-26(33)35,17-19-5-7-22(28)8-6-19)21-9-13-32(14-10-21)18-20-3-2-4-23-24(20)30-12-11-29-23/h2-8,11-12,21H,9-10,13-18H2,1H3,(H,31,35). The average Bonchev–Trinajstić information content (AvgIpc) is 3.14. The number of nitrogens with zero attached hydrogens (tertiary/aromatic N) is 4. The highest BCUT2D eigenvalue weighted by Gasteiger charge is 2.55. The minimum atomic E-state index is -1.06. The highest BCUT2D eigenvalue weighted by atomic mass is 19.1. The van der Waals surface area contributed by atoms with Crippen LogP contribution < -0.4 is 5.32 Å². The van der Waals surface area contributed by atoms with E-state index in [-0.39, 0.29) is 30.8 Å². The first kappa shape index (κ1) is 24.3. The van der Waals surface area contributed by atoms with Gasteiger partial charge in [-0.2, -0.15) is 0 Å². The lowest BCUT2D eigenvalue weighted by molar-refractivity contribution is -0.134. The molecule has 9 heteroatoms. The zero-order valence-electron chi connectivity index (χ0n) is 20.3. The number of urea groups is 1. The van der Waals surface area contributed by atoms with Crippen molar-refractivity contribution in [2.45, 2.75) is 31.3 Å². The Balaban J connectivity index is 1.35. The summed E-state index contributed by atoms with van der Waals surface area (Å²) in [7, 11) is 1.54. The molecule has 0 saturated carbocycles. The molecule has 8 nitrogen and oxygen atoms in total. The summed E-state index contributed by atoms with van der Waals surface area (Å²) in [5, 5.41) is 3.05. The van der Waals surface area contributed by atoms with Crippen LogP contribution in [0, 0.1) is 11.7 Å². The van der Waals surface area contributed by atoms with Crippen molar-refractivity contribution in [3.63, 3.8) is 0 Å². The molecule has 0 spiro atoms. The number of carbonyl (C=O) groups excluding carboxylic acids is 2. The normalized spacial score (nSPS) is 21.3. The molecule has 5 rings (SSSR count). The highest BCUT2D eigenvalue weighted by molar-refractivity contribution is 6.07. The van der Waals surface area contributed by atoms with Crippen molar-refractivity contribution in [3.8, 4) is 0 Å². The van der Waals surface area contributed by atoms with Crippen LogP contribution in [-0.2, 0) is 22.5 Å². The first-order valence-corrected chi connectivity index (χ1v) is 12.3. The van der Waals surface area contributed by atoms with E-state index in [1.165, 1.54) is 17.0 Å². The van der Waals surface area contributed by atoms with Gasteiger partial charge in [-0.05, 0) is 61.2 Å². The van der Waals surface area contributed by atoms with Gasteiger partial charge in [0.1, 0.15) is 11.4 Å². The van der Waals surface area contributed by atoms with Gasteiger partial charge < -0.3 is 10.1 Å². The molecule has 3 heterocycles. The molecule has 0 bridgehead atoms. The van der Waals surface area contributed by atoms with Crippen molar-refractivity contribution in [1.29, 1.82) is 0 Å². The van der Waals surface area contributed by atoms with Crippen LogP contribution in [0.2, 0.25) is 0 Å². The Labute approximate surface area is 209 Å². The summed E-state index contributed by atoms with van der Waals surface area (Å²) in [6, 6.07) is 11.8. The third-order valence-corrected chi connectivity index (χ3v) is 7.38. The number of hydrogen-bond acceptors (Lipinski definition) is 6. The second kappa shape index (κ2) is 10.3. The fraction of sp³-hybridized carbons (Fsp3) is 0.407. The number of halogens is 1. The Hall–Kier alpha value is -3.43. The topological polar surface area (TPSA) is 87.7 Å². The maximum Gasteiger partial charge on any atom is 0.325 e. The maximum atomic E-state index is 13.7. The number of fused-ring (bicyclic) bond motifs is 1. The van der Waals surface area contributed by atoms with Crippen LogP contribution in [0.3, 0.4) is 0 Å². The fourth-order valence-electron chi connectivity index (χ4n) is 5.50. The van der Waals surface area contributed by atoms with Crippen LogP contribution in [0.25, 0.3) is 11.0 Å². The number of aromatic nitrogens is 2. The van der Waals surface area contributed by atoms with Crippen molar-refractivity contribution >= 4 is 23.0 Å². The summed E-state index contributed by atoms with van der Waals surface area (Å²) in [6.07, 6.45) is 5.23. The lowest BCUT2D eigenvalue weighted by Gasteiger charge is -2.41. The van der Waals surface area contributed by atoms with E-state index in [9.17, 15) is 14.0 Å². The molecule has 2 saturated heterocycles. The molecular weight excluding hydrogens is 461 g/mol. The molecule has 1 aromatic heterocycles. The van der Waals surface area contributed by atoms with Crippen molar-refractivity contribution < 1.29 is 18.7 Å². The monoisotopic (exact) mass is 491 g/mol. The van der Waals surface area contributed by atoms with Gasteiger partial charge in [0, 0.05) is 32.5 Å². The summed E-state index contributed by atoms with van der Waals surface area (Å²) in [4.78, 5) is 39.1. The van der Waals surface area contributed by atoms with Gasteiger partial charge >= 0.3 is 6.03 Å². The number of rotatable bonds is 8. The Kier molecular flexibility index (Phi) is 6.93. The molecule has 3 amide bonds. The fourth-order valence-corrected chi connectivity index (χ4v) is 5.50. The van der Waals surface area contributed by atoms with Crippen LogP contribution in [0.15, 0.2) is 54.9 Å². The van der Waals surface area contributed by atoms with E-state index in [0.717, 1.165) is 54.6 Å². The Bertz CT molecular complexity index is 1240. The molecule has 0 radical (unpaired) electrons. The van der Waals surface area contributed by atoms with Gasteiger partial charge in [-0.1, -0.05) is 24.3 Å². The number of carbonyl (C=O) groups is 2. The first-order valence-electron chi connectivity index (χ1n) is 12.3. The summed E-state index contributed by atoms with van der Waals surface area (Å²) >= 11 is 0. The SMILES string of the molecule is COCCN1C(=O)NC(Cc2ccc(F)cc2)(C2CCN(Cc3cccc4nccnc34)CC2)C1=O. The highest BCUT2D eigenvalue weighted by Crippen LogP contribution is 2.37. The van der Waals surface area contributed by atoms with Crippen LogP contribution in [-0.4, -0.2) is 70.6 Å². The number of amides is 3. The Morgan fingerprint density at radius 2 is 1.83 bits per heavy atom. The maximum absolute atomic E-state index is 13.7.